The van der Waals surface area contributed by atoms with Crippen molar-refractivity contribution in [3.8, 4) is 17.0 Å². The molecule has 1 aromatic heterocycles. The van der Waals surface area contributed by atoms with E-state index in [1.807, 2.05) is 0 Å². The Labute approximate surface area is 85.8 Å². The van der Waals surface area contributed by atoms with E-state index in [-0.39, 0.29) is 17.4 Å². The second-order valence-corrected chi connectivity index (χ2v) is 3.21. The maximum absolute atomic E-state index is 12.7. The number of nitrogen functional groups attached to an aromatic ring is 1. The van der Waals surface area contributed by atoms with Gasteiger partial charge in [0.05, 0.1) is 0 Å². The van der Waals surface area contributed by atoms with Crippen LogP contribution in [0.25, 0.3) is 11.3 Å². The van der Waals surface area contributed by atoms with Crippen LogP contribution in [-0.4, -0.2) is 14.9 Å². The highest BCUT2D eigenvalue weighted by molar-refractivity contribution is 5.72. The Morgan fingerprint density at radius 3 is 2.40 bits per heavy atom. The summed E-state index contributed by atoms with van der Waals surface area (Å²) in [5.74, 6) is -0.339. The Balaban J connectivity index is 2.58. The third-order valence-electron chi connectivity index (χ3n) is 2.17. The zero-order valence-electron chi connectivity index (χ0n) is 8.11. The number of hydrogen-bond acceptors (Lipinski definition) is 3. The molecule has 5 heteroatoms. The molecule has 78 valence electrons. The highest BCUT2D eigenvalue weighted by Crippen LogP contribution is 2.32. The van der Waals surface area contributed by atoms with Gasteiger partial charge in [0.2, 0.25) is 0 Å². The van der Waals surface area contributed by atoms with Crippen molar-refractivity contribution < 1.29 is 9.50 Å². The minimum absolute atomic E-state index is 0.0665. The van der Waals surface area contributed by atoms with E-state index >= 15 is 0 Å². The summed E-state index contributed by atoms with van der Waals surface area (Å²) >= 11 is 0. The zero-order chi connectivity index (χ0) is 11.0. The average Bonchev–Trinajstić information content (AvgIpc) is 2.44. The Morgan fingerprint density at radius 1 is 1.33 bits per heavy atom. The fourth-order valence-corrected chi connectivity index (χ4v) is 1.46. The Bertz CT molecular complexity index is 490. The first-order valence-corrected chi connectivity index (χ1v) is 4.37. The van der Waals surface area contributed by atoms with Gasteiger partial charge in [-0.1, -0.05) is 0 Å². The molecule has 0 saturated heterocycles. The van der Waals surface area contributed by atoms with Gasteiger partial charge in [-0.2, -0.15) is 5.10 Å². The fourth-order valence-electron chi connectivity index (χ4n) is 1.46. The summed E-state index contributed by atoms with van der Waals surface area (Å²) in [7, 11) is 1.66. The molecule has 1 heterocycles. The van der Waals surface area contributed by atoms with Crippen molar-refractivity contribution in [1.82, 2.24) is 9.78 Å². The first kappa shape index (κ1) is 9.51. The van der Waals surface area contributed by atoms with Gasteiger partial charge in [-0.25, -0.2) is 4.39 Å². The summed E-state index contributed by atoms with van der Waals surface area (Å²) in [6.45, 7) is 0. The van der Waals surface area contributed by atoms with Crippen molar-refractivity contribution in [2.24, 2.45) is 7.05 Å². The third kappa shape index (κ3) is 1.52. The summed E-state index contributed by atoms with van der Waals surface area (Å²) in [6, 6.07) is 5.76. The Hall–Kier alpha value is -2.04. The number of halogens is 1. The predicted molar refractivity (Wildman–Crippen MR) is 54.7 cm³/mol. The molecule has 2 aromatic rings. The number of aromatic nitrogens is 2. The number of aryl methyl sites for hydroxylation is 1. The molecule has 1 aromatic carbocycles. The molecular weight excluding hydrogens is 197 g/mol. The highest BCUT2D eigenvalue weighted by Gasteiger charge is 2.14. The summed E-state index contributed by atoms with van der Waals surface area (Å²) < 4.78 is 14.2. The molecule has 0 aliphatic rings. The number of nitrogens with zero attached hydrogens (tertiary/aromatic N) is 2. The molecule has 0 saturated carbocycles. The van der Waals surface area contributed by atoms with Gasteiger partial charge >= 0.3 is 0 Å². The van der Waals surface area contributed by atoms with Crippen LogP contribution in [0.4, 0.5) is 10.2 Å². The molecule has 0 amide bonds. The molecule has 0 bridgehead atoms. The lowest BCUT2D eigenvalue weighted by Crippen LogP contribution is -1.94. The van der Waals surface area contributed by atoms with E-state index in [0.29, 0.717) is 11.3 Å². The number of anilines is 1. The minimum atomic E-state index is -0.326. The van der Waals surface area contributed by atoms with E-state index in [2.05, 4.69) is 5.10 Å². The standard InChI is InChI=1S/C10H10FN3O/c1-14-8(9(15)10(12)13-14)6-2-4-7(11)5-3-6/h2-5,15H,1H3,(H2,12,13). The van der Waals surface area contributed by atoms with E-state index in [0.717, 1.165) is 0 Å². The predicted octanol–water partition coefficient (Wildman–Crippen LogP) is 1.51. The molecule has 0 unspecified atom stereocenters. The molecular formula is C10H10FN3O. The molecule has 0 aliphatic carbocycles. The molecule has 0 atom stereocenters. The van der Waals surface area contributed by atoms with Gasteiger partial charge in [0.25, 0.3) is 0 Å². The van der Waals surface area contributed by atoms with Crippen molar-refractivity contribution in [3.63, 3.8) is 0 Å². The SMILES string of the molecule is Cn1nc(N)c(O)c1-c1ccc(F)cc1. The highest BCUT2D eigenvalue weighted by atomic mass is 19.1. The Morgan fingerprint density at radius 2 is 1.93 bits per heavy atom. The van der Waals surface area contributed by atoms with Crippen LogP contribution in [0.5, 0.6) is 5.75 Å². The smallest absolute Gasteiger partial charge is 0.188 e. The summed E-state index contributed by atoms with van der Waals surface area (Å²) in [5, 5.41) is 13.5. The van der Waals surface area contributed by atoms with Gasteiger partial charge in [0, 0.05) is 12.6 Å². The lowest BCUT2D eigenvalue weighted by Gasteiger charge is -2.02. The second kappa shape index (κ2) is 3.27. The summed E-state index contributed by atoms with van der Waals surface area (Å²) in [6.07, 6.45) is 0. The number of hydrogen-bond donors (Lipinski definition) is 2. The normalized spacial score (nSPS) is 10.5. The van der Waals surface area contributed by atoms with Crippen LogP contribution in [0.1, 0.15) is 0 Å². The summed E-state index contributed by atoms with van der Waals surface area (Å²) in [4.78, 5) is 0. The zero-order valence-corrected chi connectivity index (χ0v) is 8.11. The van der Waals surface area contributed by atoms with Gasteiger partial charge in [-0.15, -0.1) is 0 Å². The van der Waals surface area contributed by atoms with E-state index in [4.69, 9.17) is 5.73 Å². The molecule has 15 heavy (non-hydrogen) atoms. The Kier molecular flexibility index (Phi) is 2.07. The molecule has 0 radical (unpaired) electrons. The average molecular weight is 207 g/mol. The van der Waals surface area contributed by atoms with Crippen LogP contribution in [-0.2, 0) is 7.05 Å². The van der Waals surface area contributed by atoms with E-state index < -0.39 is 0 Å². The molecule has 0 spiro atoms. The van der Waals surface area contributed by atoms with Crippen LogP contribution in [0.2, 0.25) is 0 Å². The van der Waals surface area contributed by atoms with Crippen LogP contribution in [0.15, 0.2) is 24.3 Å². The van der Waals surface area contributed by atoms with Crippen LogP contribution < -0.4 is 5.73 Å². The topological polar surface area (TPSA) is 64.1 Å². The first-order valence-electron chi connectivity index (χ1n) is 4.37. The monoisotopic (exact) mass is 207 g/mol. The van der Waals surface area contributed by atoms with Gasteiger partial charge in [0.1, 0.15) is 11.5 Å². The summed E-state index contributed by atoms with van der Waals surface area (Å²) in [5.41, 5.74) is 6.60. The second-order valence-electron chi connectivity index (χ2n) is 3.21. The first-order chi connectivity index (χ1) is 7.09. The van der Waals surface area contributed by atoms with Crippen molar-refractivity contribution in [2.45, 2.75) is 0 Å². The van der Waals surface area contributed by atoms with Crippen molar-refractivity contribution >= 4 is 5.82 Å². The maximum Gasteiger partial charge on any atom is 0.188 e. The van der Waals surface area contributed by atoms with Crippen molar-refractivity contribution in [3.05, 3.63) is 30.1 Å². The van der Waals surface area contributed by atoms with Crippen LogP contribution >= 0.6 is 0 Å². The van der Waals surface area contributed by atoms with Gasteiger partial charge in [-0.05, 0) is 24.3 Å². The van der Waals surface area contributed by atoms with E-state index in [1.54, 1.807) is 19.2 Å². The van der Waals surface area contributed by atoms with Gasteiger partial charge < -0.3 is 10.8 Å². The lowest BCUT2D eigenvalue weighted by molar-refractivity contribution is 0.479. The third-order valence-corrected chi connectivity index (χ3v) is 2.17. The number of rotatable bonds is 1. The molecule has 3 N–H and O–H groups in total. The molecule has 0 fully saturated rings. The van der Waals surface area contributed by atoms with Crippen molar-refractivity contribution in [1.29, 1.82) is 0 Å². The van der Waals surface area contributed by atoms with E-state index in [1.165, 1.54) is 16.8 Å². The quantitative estimate of drug-likeness (QED) is 0.745. The lowest BCUT2D eigenvalue weighted by atomic mass is 10.1. The molecule has 0 aliphatic heterocycles. The number of benzene rings is 1. The van der Waals surface area contributed by atoms with Crippen LogP contribution in [0.3, 0.4) is 0 Å². The largest absolute Gasteiger partial charge is 0.503 e. The van der Waals surface area contributed by atoms with Gasteiger partial charge in [-0.3, -0.25) is 4.68 Å². The van der Waals surface area contributed by atoms with E-state index in [9.17, 15) is 9.50 Å². The van der Waals surface area contributed by atoms with Crippen molar-refractivity contribution in [2.75, 3.05) is 5.73 Å². The minimum Gasteiger partial charge on any atom is -0.503 e. The number of nitrogens with two attached hydrogens (primary N) is 1. The molecule has 4 nitrogen and oxygen atoms in total. The maximum atomic E-state index is 12.7. The van der Waals surface area contributed by atoms with Gasteiger partial charge in [0.15, 0.2) is 11.6 Å². The molecule has 2 rings (SSSR count). The number of aromatic hydroxyl groups is 1. The fraction of sp³-hybridized carbons (Fsp3) is 0.100. The van der Waals surface area contributed by atoms with Crippen LogP contribution in [0, 0.1) is 5.82 Å².